The monoisotopic (exact) mass is 355 g/mol. The standard InChI is InChI=1S/C19H15F2N3O2/c20-15-6-5-12(9-16(15)21)19(26)23-13-7-8-24(11-13)17-4-2-1-3-14(17)18(25)10-22/h1-6,9,13H,7-8,11H2,(H,23,26)/t13-/m1/s1. The second kappa shape index (κ2) is 7.31. The van der Waals surface area contributed by atoms with Gasteiger partial charge in [-0.05, 0) is 36.8 Å². The summed E-state index contributed by atoms with van der Waals surface area (Å²) >= 11 is 0. The van der Waals surface area contributed by atoms with Crippen LogP contribution < -0.4 is 10.2 Å². The number of hydrogen-bond acceptors (Lipinski definition) is 4. The average molecular weight is 355 g/mol. The van der Waals surface area contributed by atoms with E-state index in [2.05, 4.69) is 5.32 Å². The van der Waals surface area contributed by atoms with Gasteiger partial charge in [-0.1, -0.05) is 12.1 Å². The van der Waals surface area contributed by atoms with E-state index in [1.807, 2.05) is 4.90 Å². The summed E-state index contributed by atoms with van der Waals surface area (Å²) in [5.41, 5.74) is 1.01. The van der Waals surface area contributed by atoms with Crippen LogP contribution in [0.3, 0.4) is 0 Å². The van der Waals surface area contributed by atoms with Crippen LogP contribution in [0.25, 0.3) is 0 Å². The number of carbonyl (C=O) groups is 2. The van der Waals surface area contributed by atoms with Crippen molar-refractivity contribution in [2.45, 2.75) is 12.5 Å². The molecule has 1 aliphatic rings. The van der Waals surface area contributed by atoms with E-state index >= 15 is 0 Å². The van der Waals surface area contributed by atoms with Crippen molar-refractivity contribution in [3.63, 3.8) is 0 Å². The molecule has 26 heavy (non-hydrogen) atoms. The van der Waals surface area contributed by atoms with Crippen LogP contribution in [0.2, 0.25) is 0 Å². The summed E-state index contributed by atoms with van der Waals surface area (Å²) in [6.45, 7) is 1.05. The number of Topliss-reactive ketones (excluding diaryl/α,β-unsaturated/α-hetero) is 1. The first-order valence-corrected chi connectivity index (χ1v) is 8.04. The van der Waals surface area contributed by atoms with Gasteiger partial charge in [0, 0.05) is 30.4 Å². The van der Waals surface area contributed by atoms with Crippen LogP contribution in [0.4, 0.5) is 14.5 Å². The quantitative estimate of drug-likeness (QED) is 0.676. The average Bonchev–Trinajstić information content (AvgIpc) is 3.11. The number of rotatable bonds is 4. The Labute approximate surface area is 148 Å². The van der Waals surface area contributed by atoms with Crippen molar-refractivity contribution in [3.05, 3.63) is 65.2 Å². The number of ketones is 1. The van der Waals surface area contributed by atoms with Gasteiger partial charge in [0.25, 0.3) is 11.7 Å². The summed E-state index contributed by atoms with van der Waals surface area (Å²) < 4.78 is 26.2. The smallest absolute Gasteiger partial charge is 0.264 e. The van der Waals surface area contributed by atoms with Gasteiger partial charge in [-0.15, -0.1) is 0 Å². The highest BCUT2D eigenvalue weighted by atomic mass is 19.2. The molecule has 1 saturated heterocycles. The minimum atomic E-state index is -1.07. The van der Waals surface area contributed by atoms with E-state index in [9.17, 15) is 18.4 Å². The normalized spacial score (nSPS) is 16.2. The third-order valence-electron chi connectivity index (χ3n) is 4.30. The van der Waals surface area contributed by atoms with E-state index in [1.54, 1.807) is 30.3 Å². The Kier molecular flexibility index (Phi) is 4.94. The number of nitriles is 1. The molecule has 1 N–H and O–H groups in total. The fourth-order valence-electron chi connectivity index (χ4n) is 3.00. The predicted molar refractivity (Wildman–Crippen MR) is 90.8 cm³/mol. The molecule has 3 rings (SSSR count). The first-order chi connectivity index (χ1) is 12.5. The Morgan fingerprint density at radius 1 is 1.15 bits per heavy atom. The molecular weight excluding hydrogens is 340 g/mol. The van der Waals surface area contributed by atoms with E-state index < -0.39 is 23.3 Å². The third-order valence-corrected chi connectivity index (χ3v) is 4.30. The van der Waals surface area contributed by atoms with Gasteiger partial charge >= 0.3 is 0 Å². The van der Waals surface area contributed by atoms with Crippen LogP contribution in [0.15, 0.2) is 42.5 Å². The number of para-hydroxylation sites is 1. The summed E-state index contributed by atoms with van der Waals surface area (Å²) in [6, 6.07) is 11.2. The molecule has 0 aromatic heterocycles. The lowest BCUT2D eigenvalue weighted by molar-refractivity contribution is 0.0939. The number of halogens is 2. The molecule has 2 aromatic rings. The van der Waals surface area contributed by atoms with Crippen LogP contribution >= 0.6 is 0 Å². The lowest BCUT2D eigenvalue weighted by Crippen LogP contribution is -2.37. The molecule has 7 heteroatoms. The van der Waals surface area contributed by atoms with Crippen molar-refractivity contribution in [2.75, 3.05) is 18.0 Å². The second-order valence-electron chi connectivity index (χ2n) is 5.99. The zero-order chi connectivity index (χ0) is 18.7. The van der Waals surface area contributed by atoms with Crippen molar-refractivity contribution in [1.82, 2.24) is 5.32 Å². The number of amides is 1. The van der Waals surface area contributed by atoms with Crippen LogP contribution in [-0.4, -0.2) is 30.8 Å². The Morgan fingerprint density at radius 3 is 2.65 bits per heavy atom. The van der Waals surface area contributed by atoms with E-state index in [0.29, 0.717) is 30.8 Å². The molecule has 0 spiro atoms. The lowest BCUT2D eigenvalue weighted by Gasteiger charge is -2.21. The maximum atomic E-state index is 13.3. The molecule has 0 radical (unpaired) electrons. The highest BCUT2D eigenvalue weighted by Gasteiger charge is 2.27. The van der Waals surface area contributed by atoms with Gasteiger partial charge in [0.05, 0.1) is 5.56 Å². The lowest BCUT2D eigenvalue weighted by atomic mass is 10.1. The summed E-state index contributed by atoms with van der Waals surface area (Å²) in [5.74, 6) is -3.19. The van der Waals surface area contributed by atoms with E-state index in [4.69, 9.17) is 5.26 Å². The van der Waals surface area contributed by atoms with Crippen molar-refractivity contribution in [2.24, 2.45) is 0 Å². The highest BCUT2D eigenvalue weighted by molar-refractivity contribution is 6.11. The van der Waals surface area contributed by atoms with E-state index in [1.165, 1.54) is 6.07 Å². The number of benzene rings is 2. The minimum absolute atomic E-state index is 0.0439. The summed E-state index contributed by atoms with van der Waals surface area (Å²) in [4.78, 5) is 25.9. The van der Waals surface area contributed by atoms with Crippen LogP contribution in [0.5, 0.6) is 0 Å². The third kappa shape index (κ3) is 3.54. The number of nitrogens with one attached hydrogen (secondary N) is 1. The van der Waals surface area contributed by atoms with Gasteiger partial charge in [0.1, 0.15) is 6.07 Å². The van der Waals surface area contributed by atoms with Crippen molar-refractivity contribution in [3.8, 4) is 6.07 Å². The van der Waals surface area contributed by atoms with Gasteiger partial charge in [0.2, 0.25) is 0 Å². The molecule has 1 amide bonds. The fourth-order valence-corrected chi connectivity index (χ4v) is 3.00. The van der Waals surface area contributed by atoms with Gasteiger partial charge in [-0.2, -0.15) is 5.26 Å². The maximum Gasteiger partial charge on any atom is 0.264 e. The van der Waals surface area contributed by atoms with Gasteiger partial charge < -0.3 is 10.2 Å². The molecule has 0 unspecified atom stereocenters. The summed E-state index contributed by atoms with van der Waals surface area (Å²) in [5, 5.41) is 11.6. The van der Waals surface area contributed by atoms with Crippen molar-refractivity contribution < 1.29 is 18.4 Å². The van der Waals surface area contributed by atoms with Crippen molar-refractivity contribution >= 4 is 17.4 Å². The Hall–Kier alpha value is -3.27. The zero-order valence-corrected chi connectivity index (χ0v) is 13.7. The largest absolute Gasteiger partial charge is 0.369 e. The zero-order valence-electron chi connectivity index (χ0n) is 13.7. The number of anilines is 1. The summed E-state index contributed by atoms with van der Waals surface area (Å²) in [7, 11) is 0. The molecule has 1 fully saturated rings. The van der Waals surface area contributed by atoms with E-state index in [0.717, 1.165) is 12.1 Å². The highest BCUT2D eigenvalue weighted by Crippen LogP contribution is 2.25. The van der Waals surface area contributed by atoms with Gasteiger partial charge in [0.15, 0.2) is 11.6 Å². The van der Waals surface area contributed by atoms with E-state index in [-0.39, 0.29) is 11.6 Å². The molecule has 5 nitrogen and oxygen atoms in total. The maximum absolute atomic E-state index is 13.3. The Morgan fingerprint density at radius 2 is 1.92 bits per heavy atom. The van der Waals surface area contributed by atoms with Gasteiger partial charge in [-0.25, -0.2) is 8.78 Å². The fraction of sp³-hybridized carbons (Fsp3) is 0.211. The summed E-state index contributed by atoms with van der Waals surface area (Å²) in [6.07, 6.45) is 0.629. The number of carbonyl (C=O) groups excluding carboxylic acids is 2. The Balaban J connectivity index is 1.70. The predicted octanol–water partition coefficient (Wildman–Crippen LogP) is 2.68. The molecule has 1 heterocycles. The minimum Gasteiger partial charge on any atom is -0.369 e. The SMILES string of the molecule is N#CC(=O)c1ccccc1N1CC[C@@H](NC(=O)c2ccc(F)c(F)c2)C1. The molecule has 0 saturated carbocycles. The molecule has 0 bridgehead atoms. The molecule has 2 aromatic carbocycles. The molecule has 1 aliphatic heterocycles. The van der Waals surface area contributed by atoms with Crippen LogP contribution in [0, 0.1) is 23.0 Å². The molecule has 0 aliphatic carbocycles. The number of nitrogens with zero attached hydrogens (tertiary/aromatic N) is 2. The topological polar surface area (TPSA) is 73.2 Å². The van der Waals surface area contributed by atoms with Gasteiger partial charge in [-0.3, -0.25) is 9.59 Å². The van der Waals surface area contributed by atoms with Crippen LogP contribution in [-0.2, 0) is 0 Å². The Bertz CT molecular complexity index is 908. The van der Waals surface area contributed by atoms with Crippen LogP contribution in [0.1, 0.15) is 27.1 Å². The van der Waals surface area contributed by atoms with Crippen molar-refractivity contribution in [1.29, 1.82) is 5.26 Å². The molecule has 132 valence electrons. The molecule has 1 atom stereocenters. The first kappa shape index (κ1) is 17.5. The number of hydrogen-bond donors (Lipinski definition) is 1. The molecular formula is C19H15F2N3O2. The second-order valence-corrected chi connectivity index (χ2v) is 5.99. The first-order valence-electron chi connectivity index (χ1n) is 8.04.